The summed E-state index contributed by atoms with van der Waals surface area (Å²) in [4.78, 5) is 8.56. The van der Waals surface area contributed by atoms with Gasteiger partial charge in [-0.1, -0.05) is 6.42 Å². The molecule has 0 aliphatic carbocycles. The average Bonchev–Trinajstić information content (AvgIpc) is 2.33. The molecule has 1 saturated heterocycles. The van der Waals surface area contributed by atoms with Gasteiger partial charge in [0.2, 0.25) is 0 Å². The number of nitrogen functional groups attached to an aromatic ring is 1. The van der Waals surface area contributed by atoms with E-state index in [0.717, 1.165) is 23.8 Å². The molecule has 2 heterocycles. The standard InChI is InChI=1S/C12H20N4S/c1-8-11(13)15-9(2)16-12(8)14-7-10-5-3-4-6-17-10/h10H,3-7H2,1-2H3,(H3,13,14,15,16). The number of rotatable bonds is 3. The Morgan fingerprint density at radius 2 is 2.18 bits per heavy atom. The molecule has 2 rings (SSSR count). The molecule has 0 aromatic carbocycles. The van der Waals surface area contributed by atoms with Gasteiger partial charge in [-0.15, -0.1) is 0 Å². The van der Waals surface area contributed by atoms with E-state index in [1.165, 1.54) is 25.0 Å². The summed E-state index contributed by atoms with van der Waals surface area (Å²) in [6.07, 6.45) is 4.01. The highest BCUT2D eigenvalue weighted by atomic mass is 32.2. The second kappa shape index (κ2) is 5.58. The lowest BCUT2D eigenvalue weighted by Crippen LogP contribution is -2.21. The molecule has 1 aromatic rings. The van der Waals surface area contributed by atoms with Gasteiger partial charge in [0, 0.05) is 17.4 Å². The van der Waals surface area contributed by atoms with E-state index >= 15 is 0 Å². The highest BCUT2D eigenvalue weighted by Crippen LogP contribution is 2.26. The van der Waals surface area contributed by atoms with Gasteiger partial charge in [0.05, 0.1) is 0 Å². The van der Waals surface area contributed by atoms with E-state index in [1.54, 1.807) is 0 Å². The van der Waals surface area contributed by atoms with Gasteiger partial charge in [-0.05, 0) is 32.4 Å². The maximum Gasteiger partial charge on any atom is 0.134 e. The summed E-state index contributed by atoms with van der Waals surface area (Å²) in [6, 6.07) is 0. The van der Waals surface area contributed by atoms with Gasteiger partial charge in [-0.3, -0.25) is 0 Å². The van der Waals surface area contributed by atoms with E-state index in [-0.39, 0.29) is 0 Å². The normalized spacial score (nSPS) is 20.2. The highest BCUT2D eigenvalue weighted by molar-refractivity contribution is 7.99. The van der Waals surface area contributed by atoms with Crippen LogP contribution < -0.4 is 11.1 Å². The first-order valence-electron chi connectivity index (χ1n) is 6.13. The van der Waals surface area contributed by atoms with Crippen LogP contribution in [0, 0.1) is 13.8 Å². The van der Waals surface area contributed by atoms with E-state index in [2.05, 4.69) is 27.0 Å². The second-order valence-electron chi connectivity index (χ2n) is 4.50. The first-order chi connectivity index (χ1) is 8.16. The number of hydrogen-bond donors (Lipinski definition) is 2. The Morgan fingerprint density at radius 1 is 1.35 bits per heavy atom. The second-order valence-corrected chi connectivity index (χ2v) is 5.91. The Bertz CT molecular complexity index is 388. The summed E-state index contributed by atoms with van der Waals surface area (Å²) in [5, 5.41) is 4.12. The first kappa shape index (κ1) is 12.5. The van der Waals surface area contributed by atoms with Gasteiger partial charge in [-0.25, -0.2) is 9.97 Å². The zero-order valence-corrected chi connectivity index (χ0v) is 11.3. The van der Waals surface area contributed by atoms with Crippen molar-refractivity contribution in [2.45, 2.75) is 38.4 Å². The van der Waals surface area contributed by atoms with Gasteiger partial charge >= 0.3 is 0 Å². The van der Waals surface area contributed by atoms with Crippen LogP contribution in [-0.4, -0.2) is 27.5 Å². The lowest BCUT2D eigenvalue weighted by Gasteiger charge is -2.22. The van der Waals surface area contributed by atoms with Crippen LogP contribution in [-0.2, 0) is 0 Å². The zero-order valence-electron chi connectivity index (χ0n) is 10.5. The van der Waals surface area contributed by atoms with Crippen LogP contribution in [0.5, 0.6) is 0 Å². The molecule has 4 nitrogen and oxygen atoms in total. The summed E-state index contributed by atoms with van der Waals surface area (Å²) < 4.78 is 0. The number of aromatic nitrogens is 2. The van der Waals surface area contributed by atoms with Crippen molar-refractivity contribution >= 4 is 23.4 Å². The van der Waals surface area contributed by atoms with Crippen molar-refractivity contribution in [3.05, 3.63) is 11.4 Å². The lowest BCUT2D eigenvalue weighted by atomic mass is 10.2. The molecule has 3 N–H and O–H groups in total. The molecule has 0 amide bonds. The van der Waals surface area contributed by atoms with Crippen molar-refractivity contribution in [1.29, 1.82) is 0 Å². The Kier molecular flexibility index (Phi) is 4.10. The number of anilines is 2. The van der Waals surface area contributed by atoms with Crippen LogP contribution in [0.15, 0.2) is 0 Å². The lowest BCUT2D eigenvalue weighted by molar-refractivity contribution is 0.676. The third-order valence-corrected chi connectivity index (χ3v) is 4.46. The molecule has 1 atom stereocenters. The molecule has 0 saturated carbocycles. The molecule has 5 heteroatoms. The van der Waals surface area contributed by atoms with E-state index in [1.807, 2.05) is 13.8 Å². The van der Waals surface area contributed by atoms with Crippen molar-refractivity contribution < 1.29 is 0 Å². The largest absolute Gasteiger partial charge is 0.383 e. The number of thioether (sulfide) groups is 1. The van der Waals surface area contributed by atoms with Gasteiger partial charge < -0.3 is 11.1 Å². The SMILES string of the molecule is Cc1nc(N)c(C)c(NCC2CCCCS2)n1. The van der Waals surface area contributed by atoms with Crippen molar-refractivity contribution in [3.63, 3.8) is 0 Å². The van der Waals surface area contributed by atoms with Crippen LogP contribution in [0.4, 0.5) is 11.6 Å². The predicted molar refractivity (Wildman–Crippen MR) is 74.5 cm³/mol. The van der Waals surface area contributed by atoms with E-state index < -0.39 is 0 Å². The van der Waals surface area contributed by atoms with Crippen LogP contribution in [0.25, 0.3) is 0 Å². The minimum absolute atomic E-state index is 0.580. The minimum atomic E-state index is 0.580. The number of nitrogens with zero attached hydrogens (tertiary/aromatic N) is 2. The number of hydrogen-bond acceptors (Lipinski definition) is 5. The molecule has 1 unspecified atom stereocenters. The molecule has 1 fully saturated rings. The zero-order chi connectivity index (χ0) is 12.3. The number of aryl methyl sites for hydroxylation is 1. The third kappa shape index (κ3) is 3.25. The highest BCUT2D eigenvalue weighted by Gasteiger charge is 2.14. The molecular weight excluding hydrogens is 232 g/mol. The Hall–Kier alpha value is -0.970. The summed E-state index contributed by atoms with van der Waals surface area (Å²) in [6.45, 7) is 4.81. The fourth-order valence-corrected chi connectivity index (χ4v) is 3.24. The van der Waals surface area contributed by atoms with Crippen molar-refractivity contribution in [2.75, 3.05) is 23.3 Å². The molecule has 0 bridgehead atoms. The Labute approximate surface area is 107 Å². The summed E-state index contributed by atoms with van der Waals surface area (Å²) in [7, 11) is 0. The van der Waals surface area contributed by atoms with Crippen molar-refractivity contribution in [3.8, 4) is 0 Å². The van der Waals surface area contributed by atoms with E-state index in [4.69, 9.17) is 5.73 Å². The molecule has 17 heavy (non-hydrogen) atoms. The minimum Gasteiger partial charge on any atom is -0.383 e. The molecule has 0 radical (unpaired) electrons. The van der Waals surface area contributed by atoms with Crippen LogP contribution in [0.3, 0.4) is 0 Å². The van der Waals surface area contributed by atoms with Gasteiger partial charge in [0.25, 0.3) is 0 Å². The predicted octanol–water partition coefficient (Wildman–Crippen LogP) is 2.37. The van der Waals surface area contributed by atoms with E-state index in [0.29, 0.717) is 11.1 Å². The quantitative estimate of drug-likeness (QED) is 0.864. The molecular formula is C12H20N4S. The molecule has 1 aromatic heterocycles. The maximum absolute atomic E-state index is 5.83. The maximum atomic E-state index is 5.83. The Balaban J connectivity index is 1.98. The fourth-order valence-electron chi connectivity index (χ4n) is 2.00. The monoisotopic (exact) mass is 252 g/mol. The number of nitrogens with two attached hydrogens (primary N) is 1. The van der Waals surface area contributed by atoms with Crippen LogP contribution in [0.1, 0.15) is 30.7 Å². The van der Waals surface area contributed by atoms with Gasteiger partial charge in [-0.2, -0.15) is 11.8 Å². The van der Waals surface area contributed by atoms with Crippen LogP contribution in [0.2, 0.25) is 0 Å². The van der Waals surface area contributed by atoms with Gasteiger partial charge in [0.15, 0.2) is 0 Å². The average molecular weight is 252 g/mol. The molecule has 1 aliphatic rings. The first-order valence-corrected chi connectivity index (χ1v) is 7.18. The Morgan fingerprint density at radius 3 is 2.88 bits per heavy atom. The summed E-state index contributed by atoms with van der Waals surface area (Å²) >= 11 is 2.06. The van der Waals surface area contributed by atoms with Gasteiger partial charge in [0.1, 0.15) is 17.5 Å². The van der Waals surface area contributed by atoms with Crippen molar-refractivity contribution in [2.24, 2.45) is 0 Å². The molecule has 94 valence electrons. The van der Waals surface area contributed by atoms with Crippen LogP contribution >= 0.6 is 11.8 Å². The topological polar surface area (TPSA) is 63.8 Å². The van der Waals surface area contributed by atoms with E-state index in [9.17, 15) is 0 Å². The third-order valence-electron chi connectivity index (χ3n) is 3.07. The van der Waals surface area contributed by atoms with Crippen molar-refractivity contribution in [1.82, 2.24) is 9.97 Å². The summed E-state index contributed by atoms with van der Waals surface area (Å²) in [5.74, 6) is 3.49. The fraction of sp³-hybridized carbons (Fsp3) is 0.667. The smallest absolute Gasteiger partial charge is 0.134 e. The molecule has 1 aliphatic heterocycles. The number of nitrogens with one attached hydrogen (secondary N) is 1. The summed E-state index contributed by atoms with van der Waals surface area (Å²) in [5.41, 5.74) is 6.79. The molecule has 0 spiro atoms.